The van der Waals surface area contributed by atoms with Gasteiger partial charge in [-0.2, -0.15) is 5.10 Å². The van der Waals surface area contributed by atoms with E-state index in [9.17, 15) is 9.59 Å². The molecule has 0 saturated heterocycles. The van der Waals surface area contributed by atoms with E-state index in [2.05, 4.69) is 30.2 Å². The molecule has 0 saturated carbocycles. The molecule has 3 aromatic heterocycles. The van der Waals surface area contributed by atoms with Crippen molar-refractivity contribution in [1.29, 1.82) is 0 Å². The number of furan rings is 1. The summed E-state index contributed by atoms with van der Waals surface area (Å²) in [5.41, 5.74) is 0.493. The lowest BCUT2D eigenvalue weighted by Gasteiger charge is -2.04. The number of H-pyrrole nitrogens is 1. The molecule has 0 bridgehead atoms. The lowest BCUT2D eigenvalue weighted by Crippen LogP contribution is -2.26. The van der Waals surface area contributed by atoms with E-state index in [1.54, 1.807) is 18.4 Å². The van der Waals surface area contributed by atoms with Crippen molar-refractivity contribution < 1.29 is 18.7 Å². The zero-order valence-corrected chi connectivity index (χ0v) is 13.4. The van der Waals surface area contributed by atoms with E-state index in [1.807, 2.05) is 0 Å². The van der Waals surface area contributed by atoms with Gasteiger partial charge in [-0.15, -0.1) is 0 Å². The second-order valence-corrected chi connectivity index (χ2v) is 5.01. The van der Waals surface area contributed by atoms with Crippen molar-refractivity contribution in [1.82, 2.24) is 25.5 Å². The van der Waals surface area contributed by atoms with Gasteiger partial charge in [-0.05, 0) is 24.3 Å². The molecule has 1 amide bonds. The number of methoxy groups -OCH3 is 1. The first-order chi connectivity index (χ1) is 12.2. The maximum Gasteiger partial charge on any atom is 0.339 e. The first kappa shape index (κ1) is 16.4. The van der Waals surface area contributed by atoms with Crippen LogP contribution in [0, 0.1) is 0 Å². The molecule has 9 nitrogen and oxygen atoms in total. The number of carbonyl (C=O) groups excluding carboxylic acids is 2. The molecular formula is C16H15N5O4. The van der Waals surface area contributed by atoms with Crippen LogP contribution in [0.3, 0.4) is 0 Å². The normalized spacial score (nSPS) is 10.4. The van der Waals surface area contributed by atoms with Crippen molar-refractivity contribution in [2.24, 2.45) is 0 Å². The molecule has 25 heavy (non-hydrogen) atoms. The smallest absolute Gasteiger partial charge is 0.339 e. The molecule has 3 rings (SSSR count). The second-order valence-electron chi connectivity index (χ2n) is 5.01. The van der Waals surface area contributed by atoms with Gasteiger partial charge in [0.05, 0.1) is 18.9 Å². The number of amides is 1. The summed E-state index contributed by atoms with van der Waals surface area (Å²) >= 11 is 0. The average Bonchev–Trinajstić information content (AvgIpc) is 3.32. The highest BCUT2D eigenvalue weighted by molar-refractivity contribution is 5.94. The molecule has 3 heterocycles. The maximum absolute atomic E-state index is 12.0. The monoisotopic (exact) mass is 341 g/mol. The Bertz CT molecular complexity index is 855. The topological polar surface area (TPSA) is 123 Å². The van der Waals surface area contributed by atoms with Gasteiger partial charge >= 0.3 is 5.97 Å². The number of hydrogen-bond acceptors (Lipinski definition) is 7. The third kappa shape index (κ3) is 3.89. The van der Waals surface area contributed by atoms with E-state index in [1.165, 1.54) is 25.4 Å². The molecule has 0 atom stereocenters. The minimum Gasteiger partial charge on any atom is -0.465 e. The number of rotatable bonds is 6. The minimum absolute atomic E-state index is 0.210. The van der Waals surface area contributed by atoms with E-state index >= 15 is 0 Å². The van der Waals surface area contributed by atoms with E-state index < -0.39 is 5.97 Å². The highest BCUT2D eigenvalue weighted by atomic mass is 16.5. The molecule has 2 N–H and O–H groups in total. The third-order valence-corrected chi connectivity index (χ3v) is 3.34. The molecule has 0 aromatic carbocycles. The molecule has 0 aliphatic heterocycles. The van der Waals surface area contributed by atoms with Crippen LogP contribution in [0.2, 0.25) is 0 Å². The van der Waals surface area contributed by atoms with Gasteiger partial charge in [0, 0.05) is 19.2 Å². The fourth-order valence-corrected chi connectivity index (χ4v) is 2.07. The SMILES string of the molecule is COC(=O)c1ccc(C(=O)NCCc2nc(-c3ccco3)n[nH]2)nc1. The molecule has 0 aliphatic rings. The second kappa shape index (κ2) is 7.39. The number of hydrogen-bond donors (Lipinski definition) is 2. The van der Waals surface area contributed by atoms with E-state index in [0.717, 1.165) is 0 Å². The highest BCUT2D eigenvalue weighted by Crippen LogP contribution is 2.14. The van der Waals surface area contributed by atoms with Crippen LogP contribution in [0.5, 0.6) is 0 Å². The lowest BCUT2D eigenvalue weighted by atomic mass is 10.2. The predicted molar refractivity (Wildman–Crippen MR) is 85.7 cm³/mol. The number of pyridine rings is 1. The van der Waals surface area contributed by atoms with Crippen molar-refractivity contribution in [2.45, 2.75) is 6.42 Å². The Kier molecular flexibility index (Phi) is 4.84. The fourth-order valence-electron chi connectivity index (χ4n) is 2.07. The average molecular weight is 341 g/mol. The number of esters is 1. The Morgan fingerprint density at radius 1 is 1.32 bits per heavy atom. The third-order valence-electron chi connectivity index (χ3n) is 3.34. The van der Waals surface area contributed by atoms with Gasteiger partial charge in [0.25, 0.3) is 5.91 Å². The van der Waals surface area contributed by atoms with E-state index in [-0.39, 0.29) is 17.2 Å². The molecule has 0 aliphatic carbocycles. The maximum atomic E-state index is 12.0. The molecule has 0 fully saturated rings. The number of nitrogens with one attached hydrogen (secondary N) is 2. The van der Waals surface area contributed by atoms with Crippen LogP contribution in [0.4, 0.5) is 0 Å². The van der Waals surface area contributed by atoms with E-state index in [0.29, 0.717) is 30.4 Å². The lowest BCUT2D eigenvalue weighted by molar-refractivity contribution is 0.0599. The van der Waals surface area contributed by atoms with Gasteiger partial charge in [0.15, 0.2) is 5.76 Å². The Labute approximate surface area is 142 Å². The van der Waals surface area contributed by atoms with Gasteiger partial charge in [-0.25, -0.2) is 9.78 Å². The Hall–Kier alpha value is -3.49. The van der Waals surface area contributed by atoms with Crippen molar-refractivity contribution in [3.8, 4) is 11.6 Å². The van der Waals surface area contributed by atoms with E-state index in [4.69, 9.17) is 4.42 Å². The first-order valence-electron chi connectivity index (χ1n) is 7.45. The van der Waals surface area contributed by atoms with Gasteiger partial charge < -0.3 is 14.5 Å². The van der Waals surface area contributed by atoms with Gasteiger partial charge in [-0.3, -0.25) is 14.9 Å². The zero-order chi connectivity index (χ0) is 17.6. The van der Waals surface area contributed by atoms with Crippen molar-refractivity contribution in [3.63, 3.8) is 0 Å². The van der Waals surface area contributed by atoms with Crippen LogP contribution in [0.15, 0.2) is 41.1 Å². The van der Waals surface area contributed by atoms with Crippen molar-refractivity contribution in [3.05, 3.63) is 53.8 Å². The summed E-state index contributed by atoms with van der Waals surface area (Å²) in [7, 11) is 1.28. The Morgan fingerprint density at radius 3 is 2.88 bits per heavy atom. The first-order valence-corrected chi connectivity index (χ1v) is 7.45. The van der Waals surface area contributed by atoms with Crippen LogP contribution in [-0.2, 0) is 11.2 Å². The van der Waals surface area contributed by atoms with Gasteiger partial charge in [0.1, 0.15) is 11.5 Å². The minimum atomic E-state index is -0.503. The number of aromatic amines is 1. The molecule has 128 valence electrons. The molecular weight excluding hydrogens is 326 g/mol. The van der Waals surface area contributed by atoms with Gasteiger partial charge in [0.2, 0.25) is 5.82 Å². The number of aromatic nitrogens is 4. The van der Waals surface area contributed by atoms with Crippen LogP contribution in [-0.4, -0.2) is 45.7 Å². The Balaban J connectivity index is 1.52. The summed E-state index contributed by atoms with van der Waals surface area (Å²) in [6, 6.07) is 6.47. The van der Waals surface area contributed by atoms with Gasteiger partial charge in [-0.1, -0.05) is 0 Å². The molecule has 3 aromatic rings. The van der Waals surface area contributed by atoms with Crippen molar-refractivity contribution >= 4 is 11.9 Å². The molecule has 0 radical (unpaired) electrons. The summed E-state index contributed by atoms with van der Waals surface area (Å²) in [6.07, 6.45) is 3.32. The predicted octanol–water partition coefficient (Wildman–Crippen LogP) is 1.22. The van der Waals surface area contributed by atoms with Crippen LogP contribution < -0.4 is 5.32 Å². The largest absolute Gasteiger partial charge is 0.465 e. The molecule has 0 spiro atoms. The molecule has 9 heteroatoms. The number of carbonyl (C=O) groups is 2. The Morgan fingerprint density at radius 2 is 2.20 bits per heavy atom. The summed E-state index contributed by atoms with van der Waals surface area (Å²) in [5.74, 6) is 0.813. The molecule has 0 unspecified atom stereocenters. The summed E-state index contributed by atoms with van der Waals surface area (Å²) in [5, 5.41) is 9.57. The summed E-state index contributed by atoms with van der Waals surface area (Å²) < 4.78 is 9.79. The zero-order valence-electron chi connectivity index (χ0n) is 13.4. The number of ether oxygens (including phenoxy) is 1. The number of nitrogens with zero attached hydrogens (tertiary/aromatic N) is 3. The highest BCUT2D eigenvalue weighted by Gasteiger charge is 2.11. The standard InChI is InChI=1S/C16H15N5O4/c1-24-16(23)10-4-5-11(18-9-10)15(22)17-7-6-13-19-14(21-20-13)12-3-2-8-25-12/h2-5,8-9H,6-7H2,1H3,(H,17,22)(H,19,20,21). The summed E-state index contributed by atoms with van der Waals surface area (Å²) in [4.78, 5) is 31.6. The van der Waals surface area contributed by atoms with Crippen LogP contribution in [0.1, 0.15) is 26.7 Å². The van der Waals surface area contributed by atoms with Crippen LogP contribution in [0.25, 0.3) is 11.6 Å². The quantitative estimate of drug-likeness (QED) is 0.646. The summed E-state index contributed by atoms with van der Waals surface area (Å²) in [6.45, 7) is 0.353. The van der Waals surface area contributed by atoms with Crippen molar-refractivity contribution in [2.75, 3.05) is 13.7 Å². The van der Waals surface area contributed by atoms with Crippen LogP contribution >= 0.6 is 0 Å². The fraction of sp³-hybridized carbons (Fsp3) is 0.188.